The van der Waals surface area contributed by atoms with Gasteiger partial charge in [-0.2, -0.15) is 0 Å². The second kappa shape index (κ2) is 6.22. The zero-order valence-electron chi connectivity index (χ0n) is 11.9. The van der Waals surface area contributed by atoms with Crippen LogP contribution < -0.4 is 10.1 Å². The fourth-order valence-corrected chi connectivity index (χ4v) is 2.19. The Morgan fingerprint density at radius 2 is 1.95 bits per heavy atom. The standard InChI is InChI=1S/C17H17N3O/c1-2-18-17-10-3-6-13(20-17)12-21-16-9-4-8-15-14(16)7-5-11-19-15/h3-11H,2,12H2,1H3,(H,18,20). The molecule has 0 saturated heterocycles. The van der Waals surface area contributed by atoms with Gasteiger partial charge in [0.05, 0.1) is 11.2 Å². The number of nitrogens with one attached hydrogen (secondary N) is 1. The largest absolute Gasteiger partial charge is 0.487 e. The highest BCUT2D eigenvalue weighted by Gasteiger charge is 2.03. The average molecular weight is 279 g/mol. The van der Waals surface area contributed by atoms with Crippen LogP contribution in [0.15, 0.2) is 54.7 Å². The highest BCUT2D eigenvalue weighted by molar-refractivity contribution is 5.84. The molecule has 2 heterocycles. The van der Waals surface area contributed by atoms with E-state index in [0.717, 1.165) is 34.7 Å². The van der Waals surface area contributed by atoms with Crippen molar-refractivity contribution < 1.29 is 4.74 Å². The molecule has 2 aromatic heterocycles. The molecule has 3 aromatic rings. The lowest BCUT2D eigenvalue weighted by Gasteiger charge is -2.09. The van der Waals surface area contributed by atoms with Gasteiger partial charge in [-0.1, -0.05) is 12.1 Å². The molecule has 0 saturated carbocycles. The van der Waals surface area contributed by atoms with Gasteiger partial charge in [-0.3, -0.25) is 4.98 Å². The summed E-state index contributed by atoms with van der Waals surface area (Å²) in [5, 5.41) is 4.22. The first kappa shape index (κ1) is 13.4. The summed E-state index contributed by atoms with van der Waals surface area (Å²) in [7, 11) is 0. The fourth-order valence-electron chi connectivity index (χ4n) is 2.19. The number of fused-ring (bicyclic) bond motifs is 1. The second-order valence-corrected chi connectivity index (χ2v) is 4.66. The van der Waals surface area contributed by atoms with Crippen LogP contribution in [-0.4, -0.2) is 16.5 Å². The molecule has 0 atom stereocenters. The molecule has 0 radical (unpaired) electrons. The third kappa shape index (κ3) is 3.11. The minimum atomic E-state index is 0.438. The maximum Gasteiger partial charge on any atom is 0.130 e. The molecular weight excluding hydrogens is 262 g/mol. The molecule has 1 aromatic carbocycles. The molecule has 0 bridgehead atoms. The Labute approximate surface area is 123 Å². The molecule has 4 heteroatoms. The number of nitrogens with zero attached hydrogens (tertiary/aromatic N) is 2. The SMILES string of the molecule is CCNc1cccc(COc2cccc3ncccc23)n1. The minimum Gasteiger partial charge on any atom is -0.487 e. The van der Waals surface area contributed by atoms with Crippen LogP contribution in [0.5, 0.6) is 5.75 Å². The molecule has 0 aliphatic carbocycles. The molecule has 0 unspecified atom stereocenters. The highest BCUT2D eigenvalue weighted by Crippen LogP contribution is 2.24. The number of pyridine rings is 2. The Morgan fingerprint density at radius 3 is 2.86 bits per heavy atom. The third-order valence-corrected chi connectivity index (χ3v) is 3.15. The van der Waals surface area contributed by atoms with Crippen molar-refractivity contribution in [3.63, 3.8) is 0 Å². The monoisotopic (exact) mass is 279 g/mol. The Bertz CT molecular complexity index is 737. The fraction of sp³-hybridized carbons (Fsp3) is 0.176. The van der Waals surface area contributed by atoms with Crippen LogP contribution in [0.1, 0.15) is 12.6 Å². The molecule has 0 aliphatic rings. The van der Waals surface area contributed by atoms with Crippen LogP contribution in [0.2, 0.25) is 0 Å². The van der Waals surface area contributed by atoms with E-state index >= 15 is 0 Å². The van der Waals surface area contributed by atoms with Crippen LogP contribution in [0.3, 0.4) is 0 Å². The van der Waals surface area contributed by atoms with Crippen molar-refractivity contribution in [1.29, 1.82) is 0 Å². The molecule has 21 heavy (non-hydrogen) atoms. The zero-order valence-corrected chi connectivity index (χ0v) is 11.9. The van der Waals surface area contributed by atoms with Crippen LogP contribution in [0.25, 0.3) is 10.9 Å². The molecule has 3 rings (SSSR count). The van der Waals surface area contributed by atoms with Gasteiger partial charge < -0.3 is 10.1 Å². The molecule has 0 fully saturated rings. The van der Waals surface area contributed by atoms with Gasteiger partial charge in [0.1, 0.15) is 18.2 Å². The zero-order chi connectivity index (χ0) is 14.5. The quantitative estimate of drug-likeness (QED) is 0.774. The first-order chi connectivity index (χ1) is 10.4. The molecular formula is C17H17N3O. The number of hydrogen-bond acceptors (Lipinski definition) is 4. The lowest BCUT2D eigenvalue weighted by Crippen LogP contribution is -2.03. The number of anilines is 1. The number of hydrogen-bond donors (Lipinski definition) is 1. The van der Waals surface area contributed by atoms with Gasteiger partial charge in [-0.25, -0.2) is 4.98 Å². The lowest BCUT2D eigenvalue weighted by molar-refractivity contribution is 0.305. The van der Waals surface area contributed by atoms with Crippen molar-refractivity contribution in [3.05, 3.63) is 60.4 Å². The van der Waals surface area contributed by atoms with Gasteiger partial charge in [0, 0.05) is 18.1 Å². The summed E-state index contributed by atoms with van der Waals surface area (Å²) < 4.78 is 5.91. The maximum atomic E-state index is 5.91. The molecule has 0 amide bonds. The summed E-state index contributed by atoms with van der Waals surface area (Å²) in [4.78, 5) is 8.84. The summed E-state index contributed by atoms with van der Waals surface area (Å²) in [6.45, 7) is 3.34. The van der Waals surface area contributed by atoms with Crippen molar-refractivity contribution in [3.8, 4) is 5.75 Å². The lowest BCUT2D eigenvalue weighted by atomic mass is 10.2. The third-order valence-electron chi connectivity index (χ3n) is 3.15. The van der Waals surface area contributed by atoms with Crippen molar-refractivity contribution in [2.45, 2.75) is 13.5 Å². The normalized spacial score (nSPS) is 10.5. The number of ether oxygens (including phenoxy) is 1. The van der Waals surface area contributed by atoms with E-state index < -0.39 is 0 Å². The van der Waals surface area contributed by atoms with E-state index in [1.54, 1.807) is 6.20 Å². The van der Waals surface area contributed by atoms with Crippen molar-refractivity contribution in [2.24, 2.45) is 0 Å². The molecule has 4 nitrogen and oxygen atoms in total. The van der Waals surface area contributed by atoms with Gasteiger partial charge in [0.2, 0.25) is 0 Å². The summed E-state index contributed by atoms with van der Waals surface area (Å²) >= 11 is 0. The van der Waals surface area contributed by atoms with Crippen molar-refractivity contribution in [2.75, 3.05) is 11.9 Å². The van der Waals surface area contributed by atoms with Crippen LogP contribution in [0, 0.1) is 0 Å². The molecule has 0 spiro atoms. The minimum absolute atomic E-state index is 0.438. The van der Waals surface area contributed by atoms with Gasteiger partial charge in [-0.05, 0) is 43.3 Å². The predicted octanol–water partition coefficient (Wildman–Crippen LogP) is 3.64. The van der Waals surface area contributed by atoms with E-state index in [-0.39, 0.29) is 0 Å². The van der Waals surface area contributed by atoms with E-state index in [2.05, 4.69) is 15.3 Å². The summed E-state index contributed by atoms with van der Waals surface area (Å²) in [6.07, 6.45) is 1.79. The maximum absolute atomic E-state index is 5.91. The van der Waals surface area contributed by atoms with Gasteiger partial charge >= 0.3 is 0 Å². The van der Waals surface area contributed by atoms with Crippen molar-refractivity contribution >= 4 is 16.7 Å². The highest BCUT2D eigenvalue weighted by atomic mass is 16.5. The van der Waals surface area contributed by atoms with Crippen molar-refractivity contribution in [1.82, 2.24) is 9.97 Å². The van der Waals surface area contributed by atoms with E-state index in [9.17, 15) is 0 Å². The van der Waals surface area contributed by atoms with Crippen LogP contribution in [0.4, 0.5) is 5.82 Å². The Kier molecular flexibility index (Phi) is 3.96. The van der Waals surface area contributed by atoms with E-state index in [1.165, 1.54) is 0 Å². The summed E-state index contributed by atoms with van der Waals surface area (Å²) in [5.74, 6) is 1.70. The smallest absolute Gasteiger partial charge is 0.130 e. The Balaban J connectivity index is 1.79. The number of rotatable bonds is 5. The molecule has 106 valence electrons. The van der Waals surface area contributed by atoms with Gasteiger partial charge in [0.15, 0.2) is 0 Å². The Hall–Kier alpha value is -2.62. The van der Waals surface area contributed by atoms with Crippen LogP contribution >= 0.6 is 0 Å². The van der Waals surface area contributed by atoms with E-state index in [4.69, 9.17) is 4.74 Å². The average Bonchev–Trinajstić information content (AvgIpc) is 2.53. The van der Waals surface area contributed by atoms with E-state index in [0.29, 0.717) is 6.61 Å². The van der Waals surface area contributed by atoms with Crippen LogP contribution in [-0.2, 0) is 6.61 Å². The summed E-state index contributed by atoms with van der Waals surface area (Å²) in [5.41, 5.74) is 1.83. The number of aromatic nitrogens is 2. The molecule has 0 aliphatic heterocycles. The van der Waals surface area contributed by atoms with Gasteiger partial charge in [0.25, 0.3) is 0 Å². The Morgan fingerprint density at radius 1 is 1.05 bits per heavy atom. The second-order valence-electron chi connectivity index (χ2n) is 4.66. The van der Waals surface area contributed by atoms with Gasteiger partial charge in [-0.15, -0.1) is 0 Å². The summed E-state index contributed by atoms with van der Waals surface area (Å²) in [6, 6.07) is 15.7. The van der Waals surface area contributed by atoms with E-state index in [1.807, 2.05) is 55.5 Å². The first-order valence-electron chi connectivity index (χ1n) is 7.03. The topological polar surface area (TPSA) is 47.0 Å². The first-order valence-corrected chi connectivity index (χ1v) is 7.03. The molecule has 1 N–H and O–H groups in total. The number of benzene rings is 1. The predicted molar refractivity (Wildman–Crippen MR) is 84.5 cm³/mol.